The largest absolute Gasteiger partial charge is 0.310 e. The van der Waals surface area contributed by atoms with Crippen molar-refractivity contribution in [2.24, 2.45) is 5.92 Å². The molecule has 0 amide bonds. The molecular formula is C74H61N. The standard InChI is InChI=1S/C74H61N/c1-50-37-46-68-66(47-50)63-45-43-59(49-70(63)74(68,56-27-11-5-12-28-56)57-29-13-6-14-30-57)75(71-36-18-16-32-64(71)65-34-20-24-53-23-19-33-60(72(53)65)52-21-7-3-8-22-52)58-41-38-51(39-42-58)54-40-44-62-61-31-15-17-35-67(61)73(2,69(62)48-54)55-25-9-4-10-26-55/h4-6,9-20,23-46,48-50,52H,3,7-8,21-22,47H2,1-2H3. The fourth-order valence-corrected chi connectivity index (χ4v) is 14.3. The van der Waals surface area contributed by atoms with Crippen LogP contribution < -0.4 is 4.90 Å². The molecule has 0 spiro atoms. The molecule has 4 aliphatic carbocycles. The number of benzene rings is 10. The van der Waals surface area contributed by atoms with E-state index in [0.29, 0.717) is 11.8 Å². The molecule has 0 aromatic heterocycles. The number of nitrogens with zero attached hydrogens (tertiary/aromatic N) is 1. The van der Waals surface area contributed by atoms with Gasteiger partial charge in [-0.1, -0.05) is 239 Å². The van der Waals surface area contributed by atoms with Gasteiger partial charge in [0, 0.05) is 22.4 Å². The molecule has 2 unspecified atom stereocenters. The van der Waals surface area contributed by atoms with Crippen molar-refractivity contribution in [1.82, 2.24) is 0 Å². The summed E-state index contributed by atoms with van der Waals surface area (Å²) in [6.07, 6.45) is 12.3. The van der Waals surface area contributed by atoms with Crippen LogP contribution in [0.4, 0.5) is 17.1 Å². The summed E-state index contributed by atoms with van der Waals surface area (Å²) in [6, 6.07) is 89.8. The highest BCUT2D eigenvalue weighted by Crippen LogP contribution is 2.59. The van der Waals surface area contributed by atoms with Gasteiger partial charge in [0.15, 0.2) is 0 Å². The van der Waals surface area contributed by atoms with Gasteiger partial charge < -0.3 is 4.90 Å². The molecule has 362 valence electrons. The first-order chi connectivity index (χ1) is 37.0. The maximum atomic E-state index is 2.56. The molecule has 1 fully saturated rings. The molecule has 1 saturated carbocycles. The zero-order valence-electron chi connectivity index (χ0n) is 43.0. The van der Waals surface area contributed by atoms with Crippen LogP contribution in [0.5, 0.6) is 0 Å². The predicted octanol–water partition coefficient (Wildman–Crippen LogP) is 19.7. The van der Waals surface area contributed by atoms with Crippen molar-refractivity contribution in [3.63, 3.8) is 0 Å². The second kappa shape index (κ2) is 18.3. The van der Waals surface area contributed by atoms with E-state index in [9.17, 15) is 0 Å². The van der Waals surface area contributed by atoms with E-state index < -0.39 is 5.41 Å². The van der Waals surface area contributed by atoms with Gasteiger partial charge in [-0.25, -0.2) is 0 Å². The average Bonchev–Trinajstić information content (AvgIpc) is 3.98. The molecule has 1 heteroatoms. The first-order valence-corrected chi connectivity index (χ1v) is 27.5. The number of para-hydroxylation sites is 1. The summed E-state index contributed by atoms with van der Waals surface area (Å²) in [5, 5.41) is 2.71. The molecule has 0 bridgehead atoms. The lowest BCUT2D eigenvalue weighted by atomic mass is 9.66. The SMILES string of the molecule is CC1C=CC2=C(C1)c1ccc(N(c3ccc(-c4ccc5c(c4)C(C)(c4ccccc4)c4ccccc4-5)cc3)c3ccccc3-c3cccc4cccc(C5CCCCC5)c34)cc1C2(c1ccccc1)c1ccccc1. The summed E-state index contributed by atoms with van der Waals surface area (Å²) in [5.41, 5.74) is 23.9. The minimum Gasteiger partial charge on any atom is -0.310 e. The summed E-state index contributed by atoms with van der Waals surface area (Å²) in [6.45, 7) is 4.77. The Balaban J connectivity index is 0.971. The second-order valence-electron chi connectivity index (χ2n) is 21.9. The monoisotopic (exact) mass is 963 g/mol. The molecule has 0 radical (unpaired) electrons. The summed E-state index contributed by atoms with van der Waals surface area (Å²) >= 11 is 0. The van der Waals surface area contributed by atoms with Crippen LogP contribution in [-0.2, 0) is 10.8 Å². The summed E-state index contributed by atoms with van der Waals surface area (Å²) in [4.78, 5) is 2.56. The van der Waals surface area contributed by atoms with E-state index in [1.165, 1.54) is 138 Å². The number of hydrogen-bond acceptors (Lipinski definition) is 1. The van der Waals surface area contributed by atoms with E-state index in [-0.39, 0.29) is 5.41 Å². The summed E-state index contributed by atoms with van der Waals surface area (Å²) in [5.74, 6) is 1.02. The van der Waals surface area contributed by atoms with Crippen LogP contribution in [0.25, 0.3) is 49.7 Å². The smallest absolute Gasteiger partial charge is 0.0710 e. The van der Waals surface area contributed by atoms with Gasteiger partial charge in [-0.05, 0) is 169 Å². The molecule has 14 rings (SSSR count). The Morgan fingerprint density at radius 2 is 1.03 bits per heavy atom. The Kier molecular flexibility index (Phi) is 11.1. The lowest BCUT2D eigenvalue weighted by Gasteiger charge is -2.36. The quantitative estimate of drug-likeness (QED) is 0.139. The van der Waals surface area contributed by atoms with Crippen molar-refractivity contribution in [2.45, 2.75) is 69.1 Å². The molecule has 10 aromatic carbocycles. The first kappa shape index (κ1) is 45.4. The topological polar surface area (TPSA) is 3.24 Å². The van der Waals surface area contributed by atoms with Crippen molar-refractivity contribution in [2.75, 3.05) is 4.90 Å². The minimum absolute atomic E-state index is 0.272. The van der Waals surface area contributed by atoms with Gasteiger partial charge in [0.1, 0.15) is 0 Å². The fraction of sp³-hybridized carbons (Fsp3) is 0.162. The molecule has 0 saturated heterocycles. The third-order valence-electron chi connectivity index (χ3n) is 17.8. The third kappa shape index (κ3) is 7.19. The van der Waals surface area contributed by atoms with Gasteiger partial charge in [-0.2, -0.15) is 0 Å². The Labute approximate surface area is 443 Å². The molecule has 0 heterocycles. The fourth-order valence-electron chi connectivity index (χ4n) is 14.3. The molecule has 75 heavy (non-hydrogen) atoms. The van der Waals surface area contributed by atoms with Gasteiger partial charge >= 0.3 is 0 Å². The van der Waals surface area contributed by atoms with Gasteiger partial charge in [0.2, 0.25) is 0 Å². The summed E-state index contributed by atoms with van der Waals surface area (Å²) in [7, 11) is 0. The number of rotatable bonds is 9. The Hall–Kier alpha value is -8.26. The second-order valence-corrected chi connectivity index (χ2v) is 21.9. The number of hydrogen-bond donors (Lipinski definition) is 0. The van der Waals surface area contributed by atoms with E-state index in [1.807, 2.05) is 0 Å². The van der Waals surface area contributed by atoms with Crippen LogP contribution in [0.15, 0.2) is 254 Å². The number of fused-ring (bicyclic) bond motifs is 6. The Bertz CT molecular complexity index is 3810. The van der Waals surface area contributed by atoms with E-state index in [4.69, 9.17) is 0 Å². The summed E-state index contributed by atoms with van der Waals surface area (Å²) < 4.78 is 0. The lowest BCUT2D eigenvalue weighted by molar-refractivity contribution is 0.445. The molecule has 4 aliphatic rings. The van der Waals surface area contributed by atoms with Crippen LogP contribution >= 0.6 is 0 Å². The van der Waals surface area contributed by atoms with E-state index in [1.54, 1.807) is 0 Å². The van der Waals surface area contributed by atoms with Crippen molar-refractivity contribution in [1.29, 1.82) is 0 Å². The van der Waals surface area contributed by atoms with E-state index in [2.05, 4.69) is 267 Å². The number of allylic oxidation sites excluding steroid dienone is 4. The van der Waals surface area contributed by atoms with Crippen molar-refractivity contribution in [3.05, 3.63) is 299 Å². The van der Waals surface area contributed by atoms with Crippen LogP contribution in [0, 0.1) is 5.92 Å². The van der Waals surface area contributed by atoms with Crippen molar-refractivity contribution in [3.8, 4) is 33.4 Å². The Morgan fingerprint density at radius 3 is 1.76 bits per heavy atom. The van der Waals surface area contributed by atoms with Gasteiger partial charge in [0.05, 0.1) is 11.1 Å². The average molecular weight is 964 g/mol. The zero-order chi connectivity index (χ0) is 50.1. The third-order valence-corrected chi connectivity index (χ3v) is 17.8. The zero-order valence-corrected chi connectivity index (χ0v) is 43.0. The molecular weight excluding hydrogens is 903 g/mol. The maximum Gasteiger partial charge on any atom is 0.0710 e. The van der Waals surface area contributed by atoms with Crippen LogP contribution in [0.3, 0.4) is 0 Å². The highest BCUT2D eigenvalue weighted by Gasteiger charge is 2.48. The van der Waals surface area contributed by atoms with Gasteiger partial charge in [-0.15, -0.1) is 0 Å². The highest BCUT2D eigenvalue weighted by molar-refractivity contribution is 6.04. The van der Waals surface area contributed by atoms with Crippen LogP contribution in [-0.4, -0.2) is 0 Å². The van der Waals surface area contributed by atoms with E-state index >= 15 is 0 Å². The maximum absolute atomic E-state index is 2.56. The molecule has 10 aromatic rings. The van der Waals surface area contributed by atoms with Crippen LogP contribution in [0.2, 0.25) is 0 Å². The Morgan fingerprint density at radius 1 is 0.440 bits per heavy atom. The molecule has 0 N–H and O–H groups in total. The molecule has 1 nitrogen and oxygen atoms in total. The highest BCUT2D eigenvalue weighted by atomic mass is 15.1. The van der Waals surface area contributed by atoms with Gasteiger partial charge in [-0.3, -0.25) is 0 Å². The van der Waals surface area contributed by atoms with Crippen molar-refractivity contribution < 1.29 is 0 Å². The van der Waals surface area contributed by atoms with Crippen molar-refractivity contribution >= 4 is 33.4 Å². The number of anilines is 3. The van der Waals surface area contributed by atoms with Gasteiger partial charge in [0.25, 0.3) is 0 Å². The lowest BCUT2D eigenvalue weighted by Crippen LogP contribution is -2.30. The first-order valence-electron chi connectivity index (χ1n) is 27.5. The normalized spacial score (nSPS) is 18.3. The van der Waals surface area contributed by atoms with E-state index in [0.717, 1.165) is 17.8 Å². The predicted molar refractivity (Wildman–Crippen MR) is 315 cm³/mol. The minimum atomic E-state index is -0.499. The van der Waals surface area contributed by atoms with Crippen LogP contribution in [0.1, 0.15) is 103 Å². The molecule has 2 atom stereocenters. The molecule has 0 aliphatic heterocycles.